The van der Waals surface area contributed by atoms with Gasteiger partial charge in [0.1, 0.15) is 0 Å². The van der Waals surface area contributed by atoms with Crippen LogP contribution in [0.25, 0.3) is 0 Å². The quantitative estimate of drug-likeness (QED) is 0.439. The van der Waals surface area contributed by atoms with Crippen LogP contribution in [-0.2, 0) is 12.5 Å². The van der Waals surface area contributed by atoms with Gasteiger partial charge in [-0.1, -0.05) is 0 Å². The van der Waals surface area contributed by atoms with Crippen LogP contribution in [0.2, 0.25) is 0 Å². The SMILES string of the molecule is Cc1cc(C)c([Se]Cn2cc[n+](C)c2)c(C)c1.F[B-](F)(F)F. The van der Waals surface area contributed by atoms with E-state index in [0.717, 1.165) is 5.44 Å². The zero-order valence-electron chi connectivity index (χ0n) is 13.0. The van der Waals surface area contributed by atoms with Gasteiger partial charge in [-0.05, 0) is 0 Å². The molecule has 0 saturated heterocycles. The molecule has 1 aromatic heterocycles. The fourth-order valence-electron chi connectivity index (χ4n) is 2.11. The number of benzene rings is 1. The van der Waals surface area contributed by atoms with Crippen molar-refractivity contribution in [2.45, 2.75) is 26.2 Å². The number of hydrogen-bond acceptors (Lipinski definition) is 0. The van der Waals surface area contributed by atoms with E-state index in [9.17, 15) is 17.3 Å². The molecule has 0 bridgehead atoms. The third kappa shape index (κ3) is 7.14. The Hall–Kier alpha value is -1.27. The molecule has 0 saturated carbocycles. The second-order valence-electron chi connectivity index (χ2n) is 5.09. The number of halogens is 4. The van der Waals surface area contributed by atoms with Crippen molar-refractivity contribution in [1.29, 1.82) is 0 Å². The molecule has 0 aliphatic carbocycles. The summed E-state index contributed by atoms with van der Waals surface area (Å²) >= 11 is 0.508. The van der Waals surface area contributed by atoms with Gasteiger partial charge < -0.3 is 17.3 Å². The fraction of sp³-hybridized carbons (Fsp3) is 0.357. The first-order valence-electron chi connectivity index (χ1n) is 6.65. The topological polar surface area (TPSA) is 8.81 Å². The van der Waals surface area contributed by atoms with Crippen molar-refractivity contribution in [3.8, 4) is 0 Å². The van der Waals surface area contributed by atoms with Crippen molar-refractivity contribution in [1.82, 2.24) is 4.57 Å². The summed E-state index contributed by atoms with van der Waals surface area (Å²) in [7, 11) is -3.94. The molecule has 0 atom stereocenters. The molecule has 122 valence electrons. The summed E-state index contributed by atoms with van der Waals surface area (Å²) in [6.45, 7) is 6.63. The summed E-state index contributed by atoms with van der Waals surface area (Å²) in [6, 6.07) is 4.58. The minimum Gasteiger partial charge on any atom is -0.418 e. The fourth-order valence-corrected chi connectivity index (χ4v) is 4.22. The average molecular weight is 381 g/mol. The number of rotatable bonds is 3. The monoisotopic (exact) mass is 382 g/mol. The standard InChI is InChI=1S/C14H19N2Se.BF4/c1-11-7-12(2)14(13(3)8-11)17-10-16-6-5-15(4)9-16;2-1(3,4)5/h5-9H,10H2,1-4H3;/q+1;-1. The second kappa shape index (κ2) is 7.83. The Morgan fingerprint density at radius 2 is 1.59 bits per heavy atom. The molecule has 22 heavy (non-hydrogen) atoms. The molecule has 0 fully saturated rings. The van der Waals surface area contributed by atoms with Crippen molar-refractivity contribution >= 4 is 26.7 Å². The van der Waals surface area contributed by atoms with E-state index in [1.165, 1.54) is 16.7 Å². The Morgan fingerprint density at radius 3 is 2.00 bits per heavy atom. The molecule has 8 heteroatoms. The van der Waals surface area contributed by atoms with Crippen molar-refractivity contribution in [3.63, 3.8) is 0 Å². The van der Waals surface area contributed by atoms with E-state index >= 15 is 0 Å². The molecule has 2 nitrogen and oxygen atoms in total. The number of aryl methyl sites for hydroxylation is 4. The van der Waals surface area contributed by atoms with Gasteiger partial charge in [0.15, 0.2) is 0 Å². The van der Waals surface area contributed by atoms with Gasteiger partial charge in [0.05, 0.1) is 0 Å². The van der Waals surface area contributed by atoms with Crippen molar-refractivity contribution < 1.29 is 21.8 Å². The van der Waals surface area contributed by atoms with E-state index in [0.29, 0.717) is 15.0 Å². The average Bonchev–Trinajstić information content (AvgIpc) is 2.71. The van der Waals surface area contributed by atoms with Gasteiger partial charge in [-0.15, -0.1) is 0 Å². The molecule has 2 rings (SSSR count). The van der Waals surface area contributed by atoms with E-state index in [1.807, 2.05) is 0 Å². The zero-order chi connectivity index (χ0) is 16.9. The van der Waals surface area contributed by atoms with E-state index in [1.54, 1.807) is 4.46 Å². The Bertz CT molecular complexity index is 597. The van der Waals surface area contributed by atoms with Gasteiger partial charge in [-0.3, -0.25) is 0 Å². The smallest absolute Gasteiger partial charge is 0.418 e. The van der Waals surface area contributed by atoms with E-state index in [2.05, 4.69) is 67.8 Å². The van der Waals surface area contributed by atoms with E-state index in [-0.39, 0.29) is 0 Å². The molecule has 0 aliphatic heterocycles. The van der Waals surface area contributed by atoms with Crippen LogP contribution in [0.1, 0.15) is 16.7 Å². The first-order valence-corrected chi connectivity index (χ1v) is 8.72. The number of aromatic nitrogens is 2. The van der Waals surface area contributed by atoms with Crippen LogP contribution in [0.3, 0.4) is 0 Å². The maximum Gasteiger partial charge on any atom is 0.673 e. The molecule has 0 N–H and O–H groups in total. The van der Waals surface area contributed by atoms with Crippen molar-refractivity contribution in [2.24, 2.45) is 7.05 Å². The summed E-state index contributed by atoms with van der Waals surface area (Å²) in [5.74, 6) is 0. The first kappa shape index (κ1) is 18.8. The molecule has 0 amide bonds. The van der Waals surface area contributed by atoms with Crippen LogP contribution in [-0.4, -0.2) is 26.8 Å². The minimum absolute atomic E-state index is 0.508. The minimum atomic E-state index is -6.00. The van der Waals surface area contributed by atoms with Gasteiger partial charge in [-0.2, -0.15) is 0 Å². The van der Waals surface area contributed by atoms with Crippen LogP contribution in [0.15, 0.2) is 30.9 Å². The van der Waals surface area contributed by atoms with Crippen LogP contribution < -0.4 is 9.03 Å². The predicted octanol–water partition coefficient (Wildman–Crippen LogP) is 2.53. The summed E-state index contributed by atoms with van der Waals surface area (Å²) in [6.07, 6.45) is 6.37. The predicted molar refractivity (Wildman–Crippen MR) is 81.8 cm³/mol. The summed E-state index contributed by atoms with van der Waals surface area (Å²) in [4.78, 5) is 0. The molecule has 0 unspecified atom stereocenters. The summed E-state index contributed by atoms with van der Waals surface area (Å²) < 4.78 is 44.9. The number of nitrogens with zero attached hydrogens (tertiary/aromatic N) is 2. The van der Waals surface area contributed by atoms with Gasteiger partial charge in [0, 0.05) is 0 Å². The normalized spacial score (nSPS) is 11.1. The Kier molecular flexibility index (Phi) is 6.69. The summed E-state index contributed by atoms with van der Waals surface area (Å²) in [5.41, 5.74) is 5.36. The molecule has 1 aromatic carbocycles. The molecule has 0 radical (unpaired) electrons. The van der Waals surface area contributed by atoms with Gasteiger partial charge in [0.25, 0.3) is 0 Å². The molecule has 0 aliphatic rings. The van der Waals surface area contributed by atoms with Crippen LogP contribution in [0.4, 0.5) is 17.3 Å². The molecule has 1 heterocycles. The molecular formula is C14H19BF4N2Se. The van der Waals surface area contributed by atoms with Crippen molar-refractivity contribution in [3.05, 3.63) is 47.5 Å². The van der Waals surface area contributed by atoms with E-state index < -0.39 is 7.25 Å². The molecule has 2 aromatic rings. The third-order valence-corrected chi connectivity index (χ3v) is 5.64. The van der Waals surface area contributed by atoms with Crippen LogP contribution in [0, 0.1) is 20.8 Å². The van der Waals surface area contributed by atoms with Crippen LogP contribution in [0.5, 0.6) is 0 Å². The molecular weight excluding hydrogens is 362 g/mol. The molecule has 0 spiro atoms. The third-order valence-electron chi connectivity index (χ3n) is 2.79. The van der Waals surface area contributed by atoms with Gasteiger partial charge in [-0.25, -0.2) is 0 Å². The summed E-state index contributed by atoms with van der Waals surface area (Å²) in [5, 5.41) is 0. The zero-order valence-corrected chi connectivity index (χ0v) is 14.7. The van der Waals surface area contributed by atoms with E-state index in [4.69, 9.17) is 0 Å². The maximum absolute atomic E-state index is 9.75. The number of imidazole rings is 1. The largest absolute Gasteiger partial charge is 0.673 e. The second-order valence-corrected chi connectivity index (χ2v) is 7.09. The van der Waals surface area contributed by atoms with Gasteiger partial charge in [0.2, 0.25) is 0 Å². The Balaban J connectivity index is 0.000000422. The Morgan fingerprint density at radius 1 is 1.09 bits per heavy atom. The van der Waals surface area contributed by atoms with Crippen LogP contribution >= 0.6 is 0 Å². The maximum atomic E-state index is 9.75. The Labute approximate surface area is 134 Å². The first-order chi connectivity index (χ1) is 10.1. The van der Waals surface area contributed by atoms with Gasteiger partial charge >= 0.3 is 117 Å². The number of hydrogen-bond donors (Lipinski definition) is 0. The van der Waals surface area contributed by atoms with Crippen molar-refractivity contribution in [2.75, 3.05) is 0 Å².